The van der Waals surface area contributed by atoms with E-state index in [1.165, 1.54) is 0 Å². The number of aryl methyl sites for hydroxylation is 1. The molecule has 0 fully saturated rings. The normalized spacial score (nSPS) is 10.1. The Morgan fingerprint density at radius 1 is 1.21 bits per heavy atom. The first kappa shape index (κ1) is 8.69. The van der Waals surface area contributed by atoms with Gasteiger partial charge in [0.1, 0.15) is 5.69 Å². The van der Waals surface area contributed by atoms with E-state index in [9.17, 15) is 4.79 Å². The summed E-state index contributed by atoms with van der Waals surface area (Å²) >= 11 is 0. The maximum absolute atomic E-state index is 11.2. The quantitative estimate of drug-likeness (QED) is 0.685. The van der Waals surface area contributed by atoms with Gasteiger partial charge in [0.25, 0.3) is 0 Å². The van der Waals surface area contributed by atoms with Gasteiger partial charge < -0.3 is 4.42 Å². The van der Waals surface area contributed by atoms with Gasteiger partial charge in [0.15, 0.2) is 5.76 Å². The summed E-state index contributed by atoms with van der Waals surface area (Å²) in [5.74, 6) is 0.501. The lowest BCUT2D eigenvalue weighted by atomic mass is 10.2. The lowest BCUT2D eigenvalue weighted by Crippen LogP contribution is -2.02. The lowest BCUT2D eigenvalue weighted by Gasteiger charge is -1.98. The Morgan fingerprint density at radius 2 is 2.07 bits per heavy atom. The Bertz CT molecular complexity index is 488. The van der Waals surface area contributed by atoms with E-state index in [2.05, 4.69) is 4.98 Å². The third-order valence-corrected chi connectivity index (χ3v) is 1.93. The first-order valence-electron chi connectivity index (χ1n) is 4.29. The van der Waals surface area contributed by atoms with Gasteiger partial charge in [-0.1, -0.05) is 6.07 Å². The van der Waals surface area contributed by atoms with Crippen LogP contribution >= 0.6 is 0 Å². The van der Waals surface area contributed by atoms with Crippen molar-refractivity contribution in [3.63, 3.8) is 0 Å². The molecule has 0 saturated heterocycles. The zero-order valence-corrected chi connectivity index (χ0v) is 7.73. The van der Waals surface area contributed by atoms with Gasteiger partial charge in [-0.2, -0.15) is 0 Å². The van der Waals surface area contributed by atoms with Crippen molar-refractivity contribution in [2.45, 2.75) is 6.92 Å². The molecule has 0 N–H and O–H groups in total. The van der Waals surface area contributed by atoms with Crippen LogP contribution in [0.1, 0.15) is 5.56 Å². The Balaban J connectivity index is 2.54. The third kappa shape index (κ3) is 1.57. The molecule has 70 valence electrons. The second kappa shape index (κ2) is 3.46. The number of rotatable bonds is 1. The van der Waals surface area contributed by atoms with Gasteiger partial charge in [0.05, 0.1) is 0 Å². The summed E-state index contributed by atoms with van der Waals surface area (Å²) in [4.78, 5) is 15.3. The van der Waals surface area contributed by atoms with Gasteiger partial charge in [-0.3, -0.25) is 4.98 Å². The van der Waals surface area contributed by atoms with Crippen LogP contribution in [0.3, 0.4) is 0 Å². The van der Waals surface area contributed by atoms with Crippen LogP contribution in [-0.4, -0.2) is 4.98 Å². The second-order valence-corrected chi connectivity index (χ2v) is 2.99. The summed E-state index contributed by atoms with van der Waals surface area (Å²) in [5.41, 5.74) is 0.961. The number of nitrogens with zero attached hydrogens (tertiary/aromatic N) is 1. The molecule has 2 rings (SSSR count). The molecule has 2 aromatic heterocycles. The minimum atomic E-state index is -0.312. The molecule has 0 saturated carbocycles. The molecule has 0 spiro atoms. The van der Waals surface area contributed by atoms with Crippen LogP contribution in [0.15, 0.2) is 45.7 Å². The summed E-state index contributed by atoms with van der Waals surface area (Å²) < 4.78 is 5.08. The minimum absolute atomic E-state index is 0.312. The van der Waals surface area contributed by atoms with Crippen LogP contribution in [-0.2, 0) is 0 Å². The molecule has 0 aliphatic heterocycles. The minimum Gasteiger partial charge on any atom is -0.421 e. The maximum Gasteiger partial charge on any atom is 0.339 e. The van der Waals surface area contributed by atoms with E-state index in [4.69, 9.17) is 4.42 Å². The van der Waals surface area contributed by atoms with Crippen molar-refractivity contribution < 1.29 is 4.42 Å². The Hall–Kier alpha value is -1.90. The van der Waals surface area contributed by atoms with E-state index in [0.29, 0.717) is 17.0 Å². The number of pyridine rings is 1. The highest BCUT2D eigenvalue weighted by atomic mass is 16.4. The molecule has 2 aromatic rings. The molecule has 0 aliphatic rings. The summed E-state index contributed by atoms with van der Waals surface area (Å²) in [6.07, 6.45) is 1.66. The van der Waals surface area contributed by atoms with Crippen molar-refractivity contribution in [1.82, 2.24) is 4.98 Å². The molecule has 0 bridgehead atoms. The molecule has 2 heterocycles. The molecule has 3 heteroatoms. The van der Waals surface area contributed by atoms with E-state index in [-0.39, 0.29) is 5.63 Å². The lowest BCUT2D eigenvalue weighted by molar-refractivity contribution is 0.518. The Labute approximate surface area is 81.0 Å². The van der Waals surface area contributed by atoms with E-state index >= 15 is 0 Å². The van der Waals surface area contributed by atoms with Gasteiger partial charge in [0, 0.05) is 11.8 Å². The predicted molar refractivity (Wildman–Crippen MR) is 52.9 cm³/mol. The molecule has 3 nitrogen and oxygen atoms in total. The monoisotopic (exact) mass is 187 g/mol. The van der Waals surface area contributed by atoms with Gasteiger partial charge in [-0.25, -0.2) is 4.79 Å². The Kier molecular flexibility index (Phi) is 2.14. The fourth-order valence-corrected chi connectivity index (χ4v) is 1.13. The second-order valence-electron chi connectivity index (χ2n) is 2.99. The first-order valence-corrected chi connectivity index (χ1v) is 4.29. The average Bonchev–Trinajstić information content (AvgIpc) is 2.23. The smallest absolute Gasteiger partial charge is 0.339 e. The topological polar surface area (TPSA) is 43.1 Å². The van der Waals surface area contributed by atoms with Crippen LogP contribution < -0.4 is 5.63 Å². The van der Waals surface area contributed by atoms with Crippen LogP contribution in [0.4, 0.5) is 0 Å². The van der Waals surface area contributed by atoms with Crippen molar-refractivity contribution in [2.75, 3.05) is 0 Å². The molecule has 0 aliphatic carbocycles. The SMILES string of the molecule is Cc1ccc(-c2ccccn2)oc1=O. The van der Waals surface area contributed by atoms with Gasteiger partial charge in [-0.05, 0) is 31.2 Å². The highest BCUT2D eigenvalue weighted by Gasteiger charge is 2.02. The highest BCUT2D eigenvalue weighted by molar-refractivity contribution is 5.50. The summed E-state index contributed by atoms with van der Waals surface area (Å²) in [5, 5.41) is 0. The number of hydrogen-bond acceptors (Lipinski definition) is 3. The van der Waals surface area contributed by atoms with Crippen LogP contribution in [0.5, 0.6) is 0 Å². The summed E-state index contributed by atoms with van der Waals surface area (Å²) in [6.45, 7) is 1.72. The molecular formula is C11H9NO2. The van der Waals surface area contributed by atoms with Gasteiger partial charge >= 0.3 is 5.63 Å². The highest BCUT2D eigenvalue weighted by Crippen LogP contribution is 2.13. The molecule has 14 heavy (non-hydrogen) atoms. The molecule has 0 atom stereocenters. The van der Waals surface area contributed by atoms with Crippen LogP contribution in [0.25, 0.3) is 11.5 Å². The van der Waals surface area contributed by atoms with Crippen molar-refractivity contribution in [3.05, 3.63) is 52.5 Å². The van der Waals surface area contributed by atoms with Crippen molar-refractivity contribution in [3.8, 4) is 11.5 Å². The molecule has 0 aromatic carbocycles. The molecule has 0 unspecified atom stereocenters. The van der Waals surface area contributed by atoms with Crippen LogP contribution in [0.2, 0.25) is 0 Å². The standard InChI is InChI=1S/C11H9NO2/c1-8-5-6-10(14-11(8)13)9-4-2-3-7-12-9/h2-7H,1H3. The third-order valence-electron chi connectivity index (χ3n) is 1.93. The number of aromatic nitrogens is 1. The van der Waals surface area contributed by atoms with Crippen molar-refractivity contribution in [1.29, 1.82) is 0 Å². The van der Waals surface area contributed by atoms with E-state index in [1.54, 1.807) is 31.3 Å². The zero-order valence-electron chi connectivity index (χ0n) is 7.73. The fourth-order valence-electron chi connectivity index (χ4n) is 1.13. The van der Waals surface area contributed by atoms with E-state index < -0.39 is 0 Å². The largest absolute Gasteiger partial charge is 0.421 e. The average molecular weight is 187 g/mol. The fraction of sp³-hybridized carbons (Fsp3) is 0.0909. The predicted octanol–water partition coefficient (Wildman–Crippen LogP) is 2.01. The summed E-state index contributed by atoms with van der Waals surface area (Å²) in [7, 11) is 0. The number of hydrogen-bond donors (Lipinski definition) is 0. The maximum atomic E-state index is 11.2. The molecule has 0 radical (unpaired) electrons. The van der Waals surface area contributed by atoms with Gasteiger partial charge in [0.2, 0.25) is 0 Å². The van der Waals surface area contributed by atoms with Crippen molar-refractivity contribution >= 4 is 0 Å². The zero-order chi connectivity index (χ0) is 9.97. The van der Waals surface area contributed by atoms with Crippen LogP contribution in [0, 0.1) is 6.92 Å². The van der Waals surface area contributed by atoms with E-state index in [1.807, 2.05) is 12.1 Å². The summed E-state index contributed by atoms with van der Waals surface area (Å²) in [6, 6.07) is 8.94. The molecule has 0 amide bonds. The Morgan fingerprint density at radius 3 is 2.71 bits per heavy atom. The molecular weight excluding hydrogens is 178 g/mol. The van der Waals surface area contributed by atoms with Gasteiger partial charge in [-0.15, -0.1) is 0 Å². The van der Waals surface area contributed by atoms with E-state index in [0.717, 1.165) is 0 Å². The van der Waals surface area contributed by atoms with Crippen molar-refractivity contribution in [2.24, 2.45) is 0 Å². The first-order chi connectivity index (χ1) is 6.77.